The van der Waals surface area contributed by atoms with E-state index < -0.39 is 10.0 Å². The number of aryl methyl sites for hydroxylation is 1. The first-order valence-electron chi connectivity index (χ1n) is 9.17. The SMILES string of the molecule is Cc1ccc(S(=O)(=O)n2ccc3c(N[C@@H]4CCCCNC4)ncnc32)cc1. The summed E-state index contributed by atoms with van der Waals surface area (Å²) >= 11 is 0. The van der Waals surface area contributed by atoms with Crippen molar-refractivity contribution < 1.29 is 8.42 Å². The number of hydrogen-bond donors (Lipinski definition) is 2. The molecule has 7 nitrogen and oxygen atoms in total. The van der Waals surface area contributed by atoms with Crippen LogP contribution in [0.1, 0.15) is 24.8 Å². The summed E-state index contributed by atoms with van der Waals surface area (Å²) in [5.41, 5.74) is 1.40. The van der Waals surface area contributed by atoms with Crippen LogP contribution in [0, 0.1) is 6.92 Å². The molecule has 1 fully saturated rings. The van der Waals surface area contributed by atoms with Crippen LogP contribution in [0.5, 0.6) is 0 Å². The minimum absolute atomic E-state index is 0.242. The second-order valence-electron chi connectivity index (χ2n) is 6.93. The van der Waals surface area contributed by atoms with Crippen LogP contribution in [0.3, 0.4) is 0 Å². The topological polar surface area (TPSA) is 88.9 Å². The molecule has 3 aromatic rings. The second kappa shape index (κ2) is 7.28. The molecule has 1 aliphatic heterocycles. The Labute approximate surface area is 158 Å². The lowest BCUT2D eigenvalue weighted by Gasteiger charge is -2.17. The Kier molecular flexibility index (Phi) is 4.84. The highest BCUT2D eigenvalue weighted by Gasteiger charge is 2.22. The summed E-state index contributed by atoms with van der Waals surface area (Å²) < 4.78 is 27.3. The molecule has 4 rings (SSSR count). The molecule has 1 aliphatic rings. The Morgan fingerprint density at radius 2 is 1.96 bits per heavy atom. The van der Waals surface area contributed by atoms with Gasteiger partial charge >= 0.3 is 0 Å². The predicted octanol–water partition coefficient (Wildman–Crippen LogP) is 2.53. The van der Waals surface area contributed by atoms with Crippen molar-refractivity contribution in [2.45, 2.75) is 37.1 Å². The molecule has 2 aromatic heterocycles. The quantitative estimate of drug-likeness (QED) is 0.717. The summed E-state index contributed by atoms with van der Waals surface area (Å²) in [5, 5.41) is 7.57. The highest BCUT2D eigenvalue weighted by molar-refractivity contribution is 7.90. The molecule has 0 radical (unpaired) electrons. The van der Waals surface area contributed by atoms with Gasteiger partial charge in [-0.15, -0.1) is 0 Å². The Morgan fingerprint density at radius 3 is 2.78 bits per heavy atom. The molecule has 0 amide bonds. The predicted molar refractivity (Wildman–Crippen MR) is 105 cm³/mol. The van der Waals surface area contributed by atoms with Crippen LogP contribution in [-0.2, 0) is 10.0 Å². The number of nitrogens with one attached hydrogen (secondary N) is 2. The highest BCUT2D eigenvalue weighted by atomic mass is 32.2. The average molecular weight is 385 g/mol. The van der Waals surface area contributed by atoms with Crippen LogP contribution >= 0.6 is 0 Å². The first-order chi connectivity index (χ1) is 13.1. The third-order valence-electron chi connectivity index (χ3n) is 4.91. The van der Waals surface area contributed by atoms with E-state index >= 15 is 0 Å². The molecule has 1 atom stereocenters. The maximum Gasteiger partial charge on any atom is 0.269 e. The third-order valence-corrected chi connectivity index (χ3v) is 6.59. The Morgan fingerprint density at radius 1 is 1.15 bits per heavy atom. The Bertz CT molecular complexity index is 1040. The Balaban J connectivity index is 1.70. The molecule has 0 aliphatic carbocycles. The van der Waals surface area contributed by atoms with Gasteiger partial charge < -0.3 is 10.6 Å². The van der Waals surface area contributed by atoms with Crippen molar-refractivity contribution >= 4 is 26.9 Å². The standard InChI is InChI=1S/C19H23N5O2S/c1-14-5-7-16(8-6-14)27(25,26)24-11-9-17-18(21-13-22-19(17)24)23-15-4-2-3-10-20-12-15/h5-9,11,13,15,20H,2-4,10,12H2,1H3,(H,21,22,23)/t15-/m1/s1. The fraction of sp³-hybridized carbons (Fsp3) is 0.368. The van der Waals surface area contributed by atoms with Gasteiger partial charge in [-0.3, -0.25) is 0 Å². The minimum Gasteiger partial charge on any atom is -0.365 e. The van der Waals surface area contributed by atoms with E-state index in [1.54, 1.807) is 36.5 Å². The number of fused-ring (bicyclic) bond motifs is 1. The van der Waals surface area contributed by atoms with E-state index in [2.05, 4.69) is 20.6 Å². The van der Waals surface area contributed by atoms with Gasteiger partial charge in [-0.1, -0.05) is 24.1 Å². The summed E-state index contributed by atoms with van der Waals surface area (Å²) in [6.07, 6.45) is 6.34. The van der Waals surface area contributed by atoms with E-state index in [0.29, 0.717) is 16.9 Å². The van der Waals surface area contributed by atoms with Crippen LogP contribution in [0.2, 0.25) is 0 Å². The van der Waals surface area contributed by atoms with Crippen molar-refractivity contribution in [2.24, 2.45) is 0 Å². The zero-order valence-electron chi connectivity index (χ0n) is 15.2. The van der Waals surface area contributed by atoms with Crippen LogP contribution in [0.15, 0.2) is 47.8 Å². The van der Waals surface area contributed by atoms with Gasteiger partial charge in [0.1, 0.15) is 12.1 Å². The van der Waals surface area contributed by atoms with Crippen molar-refractivity contribution in [1.82, 2.24) is 19.3 Å². The molecule has 8 heteroatoms. The first-order valence-corrected chi connectivity index (χ1v) is 10.6. The van der Waals surface area contributed by atoms with Crippen molar-refractivity contribution in [2.75, 3.05) is 18.4 Å². The van der Waals surface area contributed by atoms with Crippen molar-refractivity contribution in [3.63, 3.8) is 0 Å². The van der Waals surface area contributed by atoms with Gasteiger partial charge in [0.05, 0.1) is 10.3 Å². The highest BCUT2D eigenvalue weighted by Crippen LogP contribution is 2.25. The van der Waals surface area contributed by atoms with Crippen LogP contribution in [0.25, 0.3) is 11.0 Å². The summed E-state index contributed by atoms with van der Waals surface area (Å²) in [6.45, 7) is 3.82. The molecular weight excluding hydrogens is 362 g/mol. The summed E-state index contributed by atoms with van der Waals surface area (Å²) in [6, 6.07) is 8.84. The smallest absolute Gasteiger partial charge is 0.269 e. The number of aromatic nitrogens is 3. The van der Waals surface area contributed by atoms with E-state index in [1.807, 2.05) is 6.92 Å². The van der Waals surface area contributed by atoms with Gasteiger partial charge in [0.15, 0.2) is 5.65 Å². The summed E-state index contributed by atoms with van der Waals surface area (Å²) in [4.78, 5) is 8.84. The lowest BCUT2D eigenvalue weighted by Crippen LogP contribution is -2.31. The van der Waals surface area contributed by atoms with Gasteiger partial charge in [0, 0.05) is 18.8 Å². The first kappa shape index (κ1) is 17.9. The molecule has 1 aromatic carbocycles. The lowest BCUT2D eigenvalue weighted by atomic mass is 10.1. The van der Waals surface area contributed by atoms with Crippen molar-refractivity contribution in [1.29, 1.82) is 0 Å². The summed E-state index contributed by atoms with van der Waals surface area (Å²) in [5.74, 6) is 0.673. The van der Waals surface area contributed by atoms with E-state index in [1.165, 1.54) is 16.7 Å². The third kappa shape index (κ3) is 3.54. The van der Waals surface area contributed by atoms with E-state index in [4.69, 9.17) is 0 Å². The molecule has 0 saturated carbocycles. The van der Waals surface area contributed by atoms with Crippen LogP contribution < -0.4 is 10.6 Å². The van der Waals surface area contributed by atoms with E-state index in [-0.39, 0.29) is 10.9 Å². The zero-order chi connectivity index (χ0) is 18.9. The zero-order valence-corrected chi connectivity index (χ0v) is 16.0. The monoisotopic (exact) mass is 385 g/mol. The number of benzene rings is 1. The number of hydrogen-bond acceptors (Lipinski definition) is 6. The molecule has 0 unspecified atom stereocenters. The molecule has 1 saturated heterocycles. The normalized spacial score (nSPS) is 18.3. The van der Waals surface area contributed by atoms with Gasteiger partial charge in [-0.2, -0.15) is 0 Å². The van der Waals surface area contributed by atoms with Gasteiger partial charge in [-0.05, 0) is 44.5 Å². The fourth-order valence-corrected chi connectivity index (χ4v) is 4.70. The van der Waals surface area contributed by atoms with Gasteiger partial charge in [0.25, 0.3) is 10.0 Å². The number of anilines is 1. The van der Waals surface area contributed by atoms with Crippen LogP contribution in [0.4, 0.5) is 5.82 Å². The molecule has 2 N–H and O–H groups in total. The molecule has 142 valence electrons. The number of nitrogens with zero attached hydrogens (tertiary/aromatic N) is 3. The lowest BCUT2D eigenvalue weighted by molar-refractivity contribution is 0.588. The Hall–Kier alpha value is -2.45. The van der Waals surface area contributed by atoms with Gasteiger partial charge in [0.2, 0.25) is 0 Å². The maximum atomic E-state index is 13.0. The van der Waals surface area contributed by atoms with Crippen molar-refractivity contribution in [3.05, 3.63) is 48.4 Å². The molecular formula is C19H23N5O2S. The van der Waals surface area contributed by atoms with Crippen molar-refractivity contribution in [3.8, 4) is 0 Å². The second-order valence-corrected chi connectivity index (χ2v) is 8.75. The summed E-state index contributed by atoms with van der Waals surface area (Å²) in [7, 11) is -3.71. The van der Waals surface area contributed by atoms with Crippen LogP contribution in [-0.4, -0.2) is 41.5 Å². The maximum absolute atomic E-state index is 13.0. The minimum atomic E-state index is -3.71. The number of rotatable bonds is 4. The average Bonchev–Trinajstić information content (AvgIpc) is 2.95. The molecule has 27 heavy (non-hydrogen) atoms. The van der Waals surface area contributed by atoms with E-state index in [9.17, 15) is 8.42 Å². The molecule has 3 heterocycles. The van der Waals surface area contributed by atoms with E-state index in [0.717, 1.165) is 31.5 Å². The van der Waals surface area contributed by atoms with Gasteiger partial charge in [-0.25, -0.2) is 22.4 Å². The fourth-order valence-electron chi connectivity index (χ4n) is 3.40. The molecule has 0 spiro atoms. The largest absolute Gasteiger partial charge is 0.365 e. The molecule has 0 bridgehead atoms.